The predicted molar refractivity (Wildman–Crippen MR) is 51.1 cm³/mol. The summed E-state index contributed by atoms with van der Waals surface area (Å²) in [5.41, 5.74) is -0.290. The average molecular weight is 213 g/mol. The molecule has 0 saturated carbocycles. The van der Waals surface area contributed by atoms with Crippen molar-refractivity contribution in [3.05, 3.63) is 39.9 Å². The van der Waals surface area contributed by atoms with Crippen molar-refractivity contribution >= 4 is 5.69 Å². The van der Waals surface area contributed by atoms with Crippen LogP contribution in [0.3, 0.4) is 0 Å². The zero-order valence-electron chi connectivity index (χ0n) is 7.78. The fourth-order valence-corrected chi connectivity index (χ4v) is 1.21. The van der Waals surface area contributed by atoms with Crippen LogP contribution in [0.25, 0.3) is 0 Å². The summed E-state index contributed by atoms with van der Waals surface area (Å²) in [7, 11) is 0. The van der Waals surface area contributed by atoms with Crippen LogP contribution in [-0.2, 0) is 0 Å². The monoisotopic (exact) mass is 213 g/mol. The van der Waals surface area contributed by atoms with Crippen molar-refractivity contribution in [3.8, 4) is 0 Å². The molecule has 0 aliphatic heterocycles. The van der Waals surface area contributed by atoms with Crippen molar-refractivity contribution in [2.75, 3.05) is 6.61 Å². The molecule has 3 N–H and O–H groups in total. The lowest BCUT2D eigenvalue weighted by Crippen LogP contribution is -2.22. The number of benzene rings is 1. The Morgan fingerprint density at radius 2 is 1.93 bits per heavy atom. The molecule has 0 heterocycles. The highest BCUT2D eigenvalue weighted by Crippen LogP contribution is 2.26. The Hall–Kier alpha value is -1.50. The minimum Gasteiger partial charge on any atom is -0.394 e. The van der Waals surface area contributed by atoms with Gasteiger partial charge in [-0.25, -0.2) is 0 Å². The van der Waals surface area contributed by atoms with Crippen molar-refractivity contribution in [1.29, 1.82) is 0 Å². The molecule has 0 saturated heterocycles. The summed E-state index contributed by atoms with van der Waals surface area (Å²) in [4.78, 5) is 9.94. The van der Waals surface area contributed by atoms with Crippen LogP contribution in [0.15, 0.2) is 24.3 Å². The average Bonchev–Trinajstić information content (AvgIpc) is 2.27. The van der Waals surface area contributed by atoms with Crippen LogP contribution in [0, 0.1) is 10.1 Å². The first-order valence-corrected chi connectivity index (χ1v) is 4.28. The van der Waals surface area contributed by atoms with E-state index in [1.807, 2.05) is 0 Å². The van der Waals surface area contributed by atoms with Crippen LogP contribution in [0.4, 0.5) is 5.69 Å². The molecule has 0 spiro atoms. The second-order valence-corrected chi connectivity index (χ2v) is 3.01. The van der Waals surface area contributed by atoms with Gasteiger partial charge in [-0.1, -0.05) is 12.1 Å². The van der Waals surface area contributed by atoms with E-state index in [2.05, 4.69) is 0 Å². The van der Waals surface area contributed by atoms with Gasteiger partial charge in [-0.05, 0) is 6.07 Å². The van der Waals surface area contributed by atoms with Gasteiger partial charge < -0.3 is 15.3 Å². The molecule has 1 aromatic rings. The highest BCUT2D eigenvalue weighted by molar-refractivity contribution is 5.41. The first-order chi connectivity index (χ1) is 7.07. The van der Waals surface area contributed by atoms with Gasteiger partial charge in [-0.3, -0.25) is 10.1 Å². The molecule has 0 aliphatic rings. The number of hydrogen-bond acceptors (Lipinski definition) is 5. The van der Waals surface area contributed by atoms with Crippen LogP contribution in [0.5, 0.6) is 0 Å². The van der Waals surface area contributed by atoms with Gasteiger partial charge in [0.05, 0.1) is 17.1 Å². The number of nitro benzene ring substituents is 1. The van der Waals surface area contributed by atoms with Gasteiger partial charge in [0, 0.05) is 6.07 Å². The summed E-state index contributed by atoms with van der Waals surface area (Å²) in [5.74, 6) is 0. The molecule has 6 heteroatoms. The second kappa shape index (κ2) is 4.83. The molecule has 6 nitrogen and oxygen atoms in total. The number of nitro groups is 1. The molecule has 2 unspecified atom stereocenters. The van der Waals surface area contributed by atoms with E-state index in [4.69, 9.17) is 10.2 Å². The molecule has 1 rings (SSSR count). The van der Waals surface area contributed by atoms with E-state index in [-0.39, 0.29) is 11.3 Å². The highest BCUT2D eigenvalue weighted by atomic mass is 16.6. The lowest BCUT2D eigenvalue weighted by atomic mass is 10.0. The van der Waals surface area contributed by atoms with E-state index < -0.39 is 23.7 Å². The van der Waals surface area contributed by atoms with Crippen LogP contribution >= 0.6 is 0 Å². The lowest BCUT2D eigenvalue weighted by Gasteiger charge is -2.15. The van der Waals surface area contributed by atoms with Gasteiger partial charge in [0.25, 0.3) is 5.69 Å². The van der Waals surface area contributed by atoms with Gasteiger partial charge in [0.15, 0.2) is 0 Å². The Kier molecular flexibility index (Phi) is 3.73. The van der Waals surface area contributed by atoms with E-state index in [1.54, 1.807) is 0 Å². The molecule has 0 bridgehead atoms. The topological polar surface area (TPSA) is 104 Å². The largest absolute Gasteiger partial charge is 0.394 e. The molecule has 82 valence electrons. The third-order valence-electron chi connectivity index (χ3n) is 2.00. The van der Waals surface area contributed by atoms with Crippen LogP contribution in [-0.4, -0.2) is 33.0 Å². The van der Waals surface area contributed by atoms with Crippen molar-refractivity contribution in [2.45, 2.75) is 12.2 Å². The summed E-state index contributed by atoms with van der Waals surface area (Å²) in [5, 5.41) is 37.9. The molecule has 0 amide bonds. The van der Waals surface area contributed by atoms with E-state index in [0.29, 0.717) is 0 Å². The Labute approximate surface area is 85.6 Å². The number of para-hydroxylation sites is 1. The smallest absolute Gasteiger partial charge is 0.275 e. The molecular formula is C9H11NO5. The normalized spacial score (nSPS) is 14.6. The molecule has 2 atom stereocenters. The standard InChI is InChI=1S/C9H11NO5/c11-5-8(12)9(13)6-3-1-2-4-7(6)10(14)15/h1-4,8-9,11-13H,5H2. The molecular weight excluding hydrogens is 202 g/mol. The second-order valence-electron chi connectivity index (χ2n) is 3.01. The van der Waals surface area contributed by atoms with Gasteiger partial charge in [0.1, 0.15) is 12.2 Å². The molecule has 0 aliphatic carbocycles. The van der Waals surface area contributed by atoms with Gasteiger partial charge in [-0.2, -0.15) is 0 Å². The van der Waals surface area contributed by atoms with Gasteiger partial charge in [-0.15, -0.1) is 0 Å². The maximum absolute atomic E-state index is 10.6. The highest BCUT2D eigenvalue weighted by Gasteiger charge is 2.24. The third-order valence-corrected chi connectivity index (χ3v) is 2.00. The summed E-state index contributed by atoms with van der Waals surface area (Å²) in [6, 6.07) is 5.53. The maximum atomic E-state index is 10.6. The summed E-state index contributed by atoms with van der Waals surface area (Å²) in [6.07, 6.45) is -2.89. The zero-order chi connectivity index (χ0) is 11.4. The van der Waals surface area contributed by atoms with Crippen LogP contribution in [0.2, 0.25) is 0 Å². The van der Waals surface area contributed by atoms with E-state index in [9.17, 15) is 15.2 Å². The van der Waals surface area contributed by atoms with Crippen LogP contribution < -0.4 is 0 Å². The quantitative estimate of drug-likeness (QED) is 0.481. The van der Waals surface area contributed by atoms with E-state index in [0.717, 1.165) is 0 Å². The van der Waals surface area contributed by atoms with Crippen molar-refractivity contribution < 1.29 is 20.2 Å². The first-order valence-electron chi connectivity index (χ1n) is 4.28. The number of aliphatic hydroxyl groups excluding tert-OH is 3. The van der Waals surface area contributed by atoms with Gasteiger partial charge >= 0.3 is 0 Å². The van der Waals surface area contributed by atoms with Crippen molar-refractivity contribution in [3.63, 3.8) is 0 Å². The molecule has 0 fully saturated rings. The van der Waals surface area contributed by atoms with Crippen LogP contribution in [0.1, 0.15) is 11.7 Å². The molecule has 1 aromatic carbocycles. The Morgan fingerprint density at radius 3 is 2.47 bits per heavy atom. The van der Waals surface area contributed by atoms with Gasteiger partial charge in [0.2, 0.25) is 0 Å². The zero-order valence-corrected chi connectivity index (χ0v) is 7.78. The maximum Gasteiger partial charge on any atom is 0.275 e. The Balaban J connectivity index is 3.07. The van der Waals surface area contributed by atoms with E-state index >= 15 is 0 Å². The fourth-order valence-electron chi connectivity index (χ4n) is 1.21. The number of hydrogen-bond donors (Lipinski definition) is 3. The SMILES string of the molecule is O=[N+]([O-])c1ccccc1C(O)C(O)CO. The molecule has 15 heavy (non-hydrogen) atoms. The summed E-state index contributed by atoms with van der Waals surface area (Å²) >= 11 is 0. The predicted octanol–water partition coefficient (Wildman–Crippen LogP) is -0.0186. The molecule has 0 aromatic heterocycles. The summed E-state index contributed by atoms with van der Waals surface area (Å²) < 4.78 is 0. The lowest BCUT2D eigenvalue weighted by molar-refractivity contribution is -0.386. The number of nitrogens with zero attached hydrogens (tertiary/aromatic N) is 1. The van der Waals surface area contributed by atoms with Crippen molar-refractivity contribution in [1.82, 2.24) is 0 Å². The number of rotatable bonds is 4. The summed E-state index contributed by atoms with van der Waals surface area (Å²) in [6.45, 7) is -0.660. The van der Waals surface area contributed by atoms with E-state index in [1.165, 1.54) is 24.3 Å². The van der Waals surface area contributed by atoms with Crippen molar-refractivity contribution in [2.24, 2.45) is 0 Å². The minimum atomic E-state index is -1.46. The third kappa shape index (κ3) is 2.50. The first kappa shape index (κ1) is 11.6. The number of aliphatic hydroxyl groups is 3. The Bertz CT molecular complexity index is 354. The Morgan fingerprint density at radius 1 is 1.33 bits per heavy atom. The molecule has 0 radical (unpaired) electrons. The minimum absolute atomic E-state index is 0.0101. The fraction of sp³-hybridized carbons (Fsp3) is 0.333.